The molecule has 0 radical (unpaired) electrons. The van der Waals surface area contributed by atoms with Crippen LogP contribution in [0.3, 0.4) is 0 Å². The first-order valence-corrected chi connectivity index (χ1v) is 6.76. The first-order chi connectivity index (χ1) is 9.22. The Balaban J connectivity index is 2.19. The zero-order valence-corrected chi connectivity index (χ0v) is 11.0. The lowest BCUT2D eigenvalue weighted by atomic mass is 9.99. The monoisotopic (exact) mass is 268 g/mol. The van der Waals surface area contributed by atoms with E-state index < -0.39 is 0 Å². The predicted octanol–water partition coefficient (Wildman–Crippen LogP) is 1.25. The Morgan fingerprint density at radius 1 is 1.32 bits per heavy atom. The summed E-state index contributed by atoms with van der Waals surface area (Å²) in [5.41, 5.74) is 0.605. The van der Waals surface area contributed by atoms with Crippen molar-refractivity contribution in [2.24, 2.45) is 0 Å². The van der Waals surface area contributed by atoms with Gasteiger partial charge in [0.05, 0.1) is 0 Å². The quantitative estimate of drug-likeness (QED) is 0.752. The third-order valence-corrected chi connectivity index (χ3v) is 3.57. The number of hydrogen-bond donors (Lipinski definition) is 3. The highest BCUT2D eigenvalue weighted by Crippen LogP contribution is 2.29. The molecule has 0 aromatic heterocycles. The molecule has 0 unspecified atom stereocenters. The summed E-state index contributed by atoms with van der Waals surface area (Å²) in [5, 5.41) is 21.6. The topological polar surface area (TPSA) is 55.7 Å². The molecule has 1 aromatic rings. The standard InChI is InChI=1S/C14H21FN2O2/c15-13-10-11(19)3-4-12(13)14(2-1-9-18)17-7-5-16-6-8-17/h3-4,10,14,16,18-19H,1-2,5-9H2/t14-/m1/s1. The van der Waals surface area contributed by atoms with Crippen molar-refractivity contribution >= 4 is 0 Å². The maximum absolute atomic E-state index is 14.0. The van der Waals surface area contributed by atoms with Crippen molar-refractivity contribution in [3.05, 3.63) is 29.6 Å². The van der Waals surface area contributed by atoms with Crippen LogP contribution in [0.1, 0.15) is 24.4 Å². The molecule has 4 nitrogen and oxygen atoms in total. The van der Waals surface area contributed by atoms with Gasteiger partial charge in [0.2, 0.25) is 0 Å². The number of aliphatic hydroxyl groups is 1. The van der Waals surface area contributed by atoms with Gasteiger partial charge in [-0.3, -0.25) is 4.90 Å². The van der Waals surface area contributed by atoms with E-state index in [0.717, 1.165) is 38.7 Å². The number of phenolic OH excluding ortho intramolecular Hbond substituents is 1. The second-order valence-electron chi connectivity index (χ2n) is 4.87. The molecule has 1 atom stereocenters. The van der Waals surface area contributed by atoms with Crippen molar-refractivity contribution in [1.82, 2.24) is 10.2 Å². The van der Waals surface area contributed by atoms with E-state index in [0.29, 0.717) is 12.0 Å². The van der Waals surface area contributed by atoms with Gasteiger partial charge in [-0.05, 0) is 18.9 Å². The molecule has 1 aliphatic heterocycles. The van der Waals surface area contributed by atoms with Crippen LogP contribution in [-0.4, -0.2) is 47.9 Å². The molecular formula is C14H21FN2O2. The van der Waals surface area contributed by atoms with E-state index in [1.807, 2.05) is 0 Å². The van der Waals surface area contributed by atoms with Crippen LogP contribution in [-0.2, 0) is 0 Å². The van der Waals surface area contributed by atoms with Crippen molar-refractivity contribution in [3.8, 4) is 5.75 Å². The number of phenols is 1. The molecule has 0 aliphatic carbocycles. The van der Waals surface area contributed by atoms with Gasteiger partial charge in [-0.2, -0.15) is 0 Å². The molecule has 1 aliphatic rings. The largest absolute Gasteiger partial charge is 0.508 e. The maximum atomic E-state index is 14.0. The molecule has 0 spiro atoms. The number of rotatable bonds is 5. The minimum Gasteiger partial charge on any atom is -0.508 e. The summed E-state index contributed by atoms with van der Waals surface area (Å²) in [6.45, 7) is 3.65. The van der Waals surface area contributed by atoms with Crippen molar-refractivity contribution in [1.29, 1.82) is 0 Å². The van der Waals surface area contributed by atoms with Gasteiger partial charge >= 0.3 is 0 Å². The van der Waals surface area contributed by atoms with E-state index in [4.69, 9.17) is 5.11 Å². The van der Waals surface area contributed by atoms with Gasteiger partial charge in [-0.25, -0.2) is 4.39 Å². The van der Waals surface area contributed by atoms with Crippen molar-refractivity contribution in [3.63, 3.8) is 0 Å². The van der Waals surface area contributed by atoms with Crippen LogP contribution in [0.4, 0.5) is 4.39 Å². The van der Waals surface area contributed by atoms with Crippen molar-refractivity contribution in [2.45, 2.75) is 18.9 Å². The highest BCUT2D eigenvalue weighted by molar-refractivity contribution is 5.30. The van der Waals surface area contributed by atoms with E-state index in [9.17, 15) is 9.50 Å². The fourth-order valence-corrected chi connectivity index (χ4v) is 2.60. The molecule has 1 fully saturated rings. The van der Waals surface area contributed by atoms with Crippen LogP contribution in [0.25, 0.3) is 0 Å². The van der Waals surface area contributed by atoms with Crippen LogP contribution in [0, 0.1) is 5.82 Å². The summed E-state index contributed by atoms with van der Waals surface area (Å²) in [5.74, 6) is -0.427. The fraction of sp³-hybridized carbons (Fsp3) is 0.571. The highest BCUT2D eigenvalue weighted by atomic mass is 19.1. The number of aromatic hydroxyl groups is 1. The van der Waals surface area contributed by atoms with Gasteiger partial charge in [0.1, 0.15) is 11.6 Å². The Morgan fingerprint density at radius 3 is 2.68 bits per heavy atom. The molecule has 106 valence electrons. The third kappa shape index (κ3) is 3.65. The molecule has 1 saturated heterocycles. The van der Waals surface area contributed by atoms with E-state index in [2.05, 4.69) is 10.2 Å². The number of halogens is 1. The Bertz CT molecular complexity index is 408. The number of aliphatic hydroxyl groups excluding tert-OH is 1. The number of nitrogens with zero attached hydrogens (tertiary/aromatic N) is 1. The second-order valence-corrected chi connectivity index (χ2v) is 4.87. The van der Waals surface area contributed by atoms with Gasteiger partial charge in [-0.15, -0.1) is 0 Å². The zero-order valence-electron chi connectivity index (χ0n) is 11.0. The Kier molecular flexibility index (Phi) is 5.13. The molecule has 1 heterocycles. The predicted molar refractivity (Wildman–Crippen MR) is 71.6 cm³/mol. The van der Waals surface area contributed by atoms with Crippen molar-refractivity contribution in [2.75, 3.05) is 32.8 Å². The second kappa shape index (κ2) is 6.84. The first kappa shape index (κ1) is 14.2. The van der Waals surface area contributed by atoms with E-state index in [1.165, 1.54) is 6.07 Å². The summed E-state index contributed by atoms with van der Waals surface area (Å²) in [4.78, 5) is 2.24. The summed E-state index contributed by atoms with van der Waals surface area (Å²) in [7, 11) is 0. The van der Waals surface area contributed by atoms with E-state index in [1.54, 1.807) is 6.07 Å². The minimum absolute atomic E-state index is 0.0325. The van der Waals surface area contributed by atoms with Gasteiger partial charge < -0.3 is 15.5 Å². The number of nitrogens with one attached hydrogen (secondary N) is 1. The van der Waals surface area contributed by atoms with Crippen molar-refractivity contribution < 1.29 is 14.6 Å². The highest BCUT2D eigenvalue weighted by Gasteiger charge is 2.24. The molecule has 1 aromatic carbocycles. The lowest BCUT2D eigenvalue weighted by Crippen LogP contribution is -2.45. The fourth-order valence-electron chi connectivity index (χ4n) is 2.60. The zero-order chi connectivity index (χ0) is 13.7. The molecule has 0 bridgehead atoms. The van der Waals surface area contributed by atoms with Crippen LogP contribution in [0.2, 0.25) is 0 Å². The molecule has 0 amide bonds. The van der Waals surface area contributed by atoms with Crippen LogP contribution in [0.15, 0.2) is 18.2 Å². The normalized spacial score (nSPS) is 18.4. The van der Waals surface area contributed by atoms with Gasteiger partial charge in [0.25, 0.3) is 0 Å². The summed E-state index contributed by atoms with van der Waals surface area (Å²) < 4.78 is 14.0. The SMILES string of the molecule is OCCC[C@H](c1ccc(O)cc1F)N1CCNCC1. The van der Waals surface area contributed by atoms with Crippen LogP contribution < -0.4 is 5.32 Å². The van der Waals surface area contributed by atoms with Crippen LogP contribution in [0.5, 0.6) is 5.75 Å². The molecule has 0 saturated carbocycles. The van der Waals surface area contributed by atoms with E-state index >= 15 is 0 Å². The molecule has 19 heavy (non-hydrogen) atoms. The average Bonchev–Trinajstić information content (AvgIpc) is 2.42. The molecular weight excluding hydrogens is 247 g/mol. The molecule has 5 heteroatoms. The number of benzene rings is 1. The maximum Gasteiger partial charge on any atom is 0.131 e. The Morgan fingerprint density at radius 2 is 2.05 bits per heavy atom. The Labute approximate surface area is 112 Å². The van der Waals surface area contributed by atoms with Crippen LogP contribution >= 0.6 is 0 Å². The first-order valence-electron chi connectivity index (χ1n) is 6.76. The minimum atomic E-state index is -0.374. The number of hydrogen-bond acceptors (Lipinski definition) is 4. The Hall–Kier alpha value is -1.17. The van der Waals surface area contributed by atoms with E-state index in [-0.39, 0.29) is 24.2 Å². The number of piperazine rings is 1. The molecule has 2 rings (SSSR count). The lowest BCUT2D eigenvalue weighted by Gasteiger charge is -2.35. The summed E-state index contributed by atoms with van der Waals surface area (Å²) in [6.07, 6.45) is 1.37. The smallest absolute Gasteiger partial charge is 0.131 e. The van der Waals surface area contributed by atoms with Gasteiger partial charge in [0, 0.05) is 50.5 Å². The third-order valence-electron chi connectivity index (χ3n) is 3.57. The average molecular weight is 268 g/mol. The van der Waals surface area contributed by atoms with Gasteiger partial charge in [0.15, 0.2) is 0 Å². The lowest BCUT2D eigenvalue weighted by molar-refractivity contribution is 0.151. The molecule has 3 N–H and O–H groups in total. The van der Waals surface area contributed by atoms with Gasteiger partial charge in [-0.1, -0.05) is 6.07 Å². The summed E-state index contributed by atoms with van der Waals surface area (Å²) in [6, 6.07) is 4.29. The summed E-state index contributed by atoms with van der Waals surface area (Å²) >= 11 is 0.